The van der Waals surface area contributed by atoms with Crippen LogP contribution in [0.2, 0.25) is 0 Å². The smallest absolute Gasteiger partial charge is 0.230 e. The molecule has 0 radical (unpaired) electrons. The number of nitrogens with zero attached hydrogens (tertiary/aromatic N) is 1. The minimum absolute atomic E-state index is 0.0489. The third-order valence-electron chi connectivity index (χ3n) is 7.07. The van der Waals surface area contributed by atoms with Gasteiger partial charge in [-0.15, -0.1) is 0 Å². The number of carbonyl (C=O) groups excluding carboxylic acids is 1. The molecule has 8 heteroatoms. The first-order chi connectivity index (χ1) is 16.0. The number of hydrogen-bond acceptors (Lipinski definition) is 5. The van der Waals surface area contributed by atoms with E-state index >= 15 is 0 Å². The SMILES string of the molecule is COc1cccc(CN(C(=O)[C@H]2CNCCC23OCc2cc(F)c(F)cc23)C2CC2)c1OC. The van der Waals surface area contributed by atoms with Crippen LogP contribution >= 0.6 is 0 Å². The van der Waals surface area contributed by atoms with Crippen molar-refractivity contribution in [2.75, 3.05) is 27.3 Å². The van der Waals surface area contributed by atoms with E-state index in [0.717, 1.165) is 18.4 Å². The molecule has 33 heavy (non-hydrogen) atoms. The first-order valence-corrected chi connectivity index (χ1v) is 11.3. The summed E-state index contributed by atoms with van der Waals surface area (Å²) in [5, 5.41) is 3.30. The maximum absolute atomic E-state index is 14.2. The Balaban J connectivity index is 1.49. The van der Waals surface area contributed by atoms with Crippen molar-refractivity contribution in [3.8, 4) is 11.5 Å². The topological polar surface area (TPSA) is 60.0 Å². The molecular weight excluding hydrogens is 430 g/mol. The van der Waals surface area contributed by atoms with Gasteiger partial charge in [-0.25, -0.2) is 8.78 Å². The van der Waals surface area contributed by atoms with Crippen LogP contribution in [0.25, 0.3) is 0 Å². The molecule has 6 nitrogen and oxygen atoms in total. The summed E-state index contributed by atoms with van der Waals surface area (Å²) in [5.74, 6) is -1.18. The minimum atomic E-state index is -0.961. The van der Waals surface area contributed by atoms with E-state index < -0.39 is 23.2 Å². The summed E-state index contributed by atoms with van der Waals surface area (Å²) in [5.41, 5.74) is 1.10. The lowest BCUT2D eigenvalue weighted by atomic mass is 9.75. The van der Waals surface area contributed by atoms with Crippen molar-refractivity contribution < 1.29 is 27.8 Å². The van der Waals surface area contributed by atoms with Gasteiger partial charge >= 0.3 is 0 Å². The lowest BCUT2D eigenvalue weighted by Gasteiger charge is -2.43. The lowest BCUT2D eigenvalue weighted by molar-refractivity contribution is -0.157. The first kappa shape index (κ1) is 22.1. The fourth-order valence-corrected chi connectivity index (χ4v) is 5.26. The van der Waals surface area contributed by atoms with Gasteiger partial charge < -0.3 is 24.4 Å². The molecule has 1 aliphatic carbocycles. The molecule has 0 bridgehead atoms. The molecule has 2 aliphatic heterocycles. The van der Waals surface area contributed by atoms with Gasteiger partial charge in [0.2, 0.25) is 5.91 Å². The van der Waals surface area contributed by atoms with E-state index in [2.05, 4.69) is 5.32 Å². The van der Waals surface area contributed by atoms with Gasteiger partial charge in [-0.2, -0.15) is 0 Å². The van der Waals surface area contributed by atoms with Gasteiger partial charge in [0.1, 0.15) is 5.60 Å². The summed E-state index contributed by atoms with van der Waals surface area (Å²) in [6.07, 6.45) is 2.38. The summed E-state index contributed by atoms with van der Waals surface area (Å²) in [4.78, 5) is 15.9. The molecule has 3 aliphatic rings. The molecule has 1 amide bonds. The number of hydrogen-bond donors (Lipinski definition) is 1. The highest BCUT2D eigenvalue weighted by molar-refractivity contribution is 5.82. The van der Waals surface area contributed by atoms with E-state index in [1.54, 1.807) is 14.2 Å². The molecule has 1 unspecified atom stereocenters. The zero-order valence-corrected chi connectivity index (χ0v) is 18.8. The second kappa shape index (κ2) is 8.57. The van der Waals surface area contributed by atoms with E-state index in [-0.39, 0.29) is 18.6 Å². The van der Waals surface area contributed by atoms with Crippen LogP contribution in [0.3, 0.4) is 0 Å². The van der Waals surface area contributed by atoms with Gasteiger partial charge in [-0.05, 0) is 55.1 Å². The molecular formula is C25H28F2N2O4. The van der Waals surface area contributed by atoms with Crippen LogP contribution in [0.1, 0.15) is 36.0 Å². The highest BCUT2D eigenvalue weighted by Gasteiger charge is 2.53. The molecule has 0 aromatic heterocycles. The summed E-state index contributed by atoms with van der Waals surface area (Å²) in [7, 11) is 3.17. The van der Waals surface area contributed by atoms with Crippen molar-refractivity contribution >= 4 is 5.91 Å². The van der Waals surface area contributed by atoms with Crippen LogP contribution < -0.4 is 14.8 Å². The van der Waals surface area contributed by atoms with Gasteiger partial charge in [0, 0.05) is 24.7 Å². The Labute approximate surface area is 191 Å². The average molecular weight is 459 g/mol. The number of para-hydroxylation sites is 1. The standard InChI is InChI=1S/C25H28F2N2O4/c1-31-22-5-3-4-15(23(22)32-2)13-29(17-6-7-17)24(30)19-12-28-9-8-25(19)18-11-21(27)20(26)10-16(18)14-33-25/h3-5,10-11,17,19,28H,6-9,12-14H2,1-2H3/t19-,25?/m1/s1. The summed E-state index contributed by atoms with van der Waals surface area (Å²) in [6.45, 7) is 1.59. The minimum Gasteiger partial charge on any atom is -0.493 e. The Morgan fingerprint density at radius 3 is 2.73 bits per heavy atom. The van der Waals surface area contributed by atoms with Gasteiger partial charge in [0.05, 0.1) is 26.7 Å². The fraction of sp³-hybridized carbons (Fsp3) is 0.480. The van der Waals surface area contributed by atoms with Gasteiger partial charge in [0.15, 0.2) is 23.1 Å². The fourth-order valence-electron chi connectivity index (χ4n) is 5.26. The number of piperidine rings is 1. The first-order valence-electron chi connectivity index (χ1n) is 11.3. The van der Waals surface area contributed by atoms with Crippen molar-refractivity contribution in [1.82, 2.24) is 10.2 Å². The molecule has 1 saturated heterocycles. The Bertz CT molecular complexity index is 1070. The van der Waals surface area contributed by atoms with Crippen molar-refractivity contribution in [2.24, 2.45) is 5.92 Å². The Morgan fingerprint density at radius 2 is 2.00 bits per heavy atom. The second-order valence-corrected chi connectivity index (χ2v) is 8.96. The number of rotatable bonds is 6. The van der Waals surface area contributed by atoms with Gasteiger partial charge in [-0.3, -0.25) is 4.79 Å². The zero-order valence-electron chi connectivity index (χ0n) is 18.8. The third-order valence-corrected chi connectivity index (χ3v) is 7.07. The van der Waals surface area contributed by atoms with Gasteiger partial charge in [-0.1, -0.05) is 12.1 Å². The predicted octanol–water partition coefficient (Wildman–Crippen LogP) is 3.51. The summed E-state index contributed by atoms with van der Waals surface area (Å²) >= 11 is 0. The monoisotopic (exact) mass is 458 g/mol. The predicted molar refractivity (Wildman–Crippen MR) is 117 cm³/mol. The Hall–Kier alpha value is -2.71. The van der Waals surface area contributed by atoms with Crippen molar-refractivity contribution in [1.29, 1.82) is 0 Å². The number of ether oxygens (including phenoxy) is 3. The van der Waals surface area contributed by atoms with E-state index in [9.17, 15) is 13.6 Å². The van der Waals surface area contributed by atoms with Crippen LogP contribution in [0.15, 0.2) is 30.3 Å². The number of carbonyl (C=O) groups is 1. The van der Waals surface area contributed by atoms with Crippen LogP contribution in [0.5, 0.6) is 11.5 Å². The van der Waals surface area contributed by atoms with E-state index in [0.29, 0.717) is 48.7 Å². The van der Waals surface area contributed by atoms with Crippen molar-refractivity contribution in [3.63, 3.8) is 0 Å². The van der Waals surface area contributed by atoms with Crippen LogP contribution in [0, 0.1) is 17.6 Å². The number of benzene rings is 2. The normalized spacial score (nSPS) is 23.9. The Morgan fingerprint density at radius 1 is 1.21 bits per heavy atom. The number of halogens is 2. The molecule has 1 spiro atoms. The van der Waals surface area contributed by atoms with Crippen LogP contribution in [0.4, 0.5) is 8.78 Å². The van der Waals surface area contributed by atoms with E-state index in [1.807, 2.05) is 23.1 Å². The molecule has 2 fully saturated rings. The number of amides is 1. The summed E-state index contributed by atoms with van der Waals surface area (Å²) < 4.78 is 45.3. The number of fused-ring (bicyclic) bond motifs is 2. The molecule has 1 N–H and O–H groups in total. The molecule has 1 saturated carbocycles. The highest BCUT2D eigenvalue weighted by atomic mass is 19.2. The van der Waals surface area contributed by atoms with Crippen LogP contribution in [-0.2, 0) is 28.3 Å². The van der Waals surface area contributed by atoms with E-state index in [1.165, 1.54) is 12.1 Å². The molecule has 2 aromatic rings. The third kappa shape index (κ3) is 3.75. The van der Waals surface area contributed by atoms with E-state index in [4.69, 9.17) is 14.2 Å². The largest absolute Gasteiger partial charge is 0.493 e. The molecule has 2 aromatic carbocycles. The Kier molecular flexibility index (Phi) is 5.74. The highest BCUT2D eigenvalue weighted by Crippen LogP contribution is 2.48. The maximum Gasteiger partial charge on any atom is 0.230 e. The molecule has 2 heterocycles. The average Bonchev–Trinajstić information content (AvgIpc) is 3.62. The quantitative estimate of drug-likeness (QED) is 0.718. The van der Waals surface area contributed by atoms with Crippen LogP contribution in [-0.4, -0.2) is 44.2 Å². The number of methoxy groups -OCH3 is 2. The molecule has 5 rings (SSSR count). The molecule has 176 valence electrons. The second-order valence-electron chi connectivity index (χ2n) is 8.96. The molecule has 2 atom stereocenters. The van der Waals surface area contributed by atoms with Crippen molar-refractivity contribution in [3.05, 3.63) is 58.7 Å². The zero-order chi connectivity index (χ0) is 23.2. The summed E-state index contributed by atoms with van der Waals surface area (Å²) in [6, 6.07) is 8.18. The van der Waals surface area contributed by atoms with Gasteiger partial charge in [0.25, 0.3) is 0 Å². The number of nitrogens with one attached hydrogen (secondary N) is 1. The van der Waals surface area contributed by atoms with Crippen molar-refractivity contribution in [2.45, 2.75) is 44.1 Å². The maximum atomic E-state index is 14.2. The lowest BCUT2D eigenvalue weighted by Crippen LogP contribution is -2.55.